The van der Waals surface area contributed by atoms with E-state index in [1.807, 2.05) is 19.9 Å². The van der Waals surface area contributed by atoms with Crippen molar-refractivity contribution in [2.24, 2.45) is 0 Å². The lowest BCUT2D eigenvalue weighted by molar-refractivity contribution is 0.0943. The van der Waals surface area contributed by atoms with Gasteiger partial charge in [-0.25, -0.2) is 9.97 Å². The molecule has 0 unspecified atom stereocenters. The second kappa shape index (κ2) is 10.4. The van der Waals surface area contributed by atoms with Crippen molar-refractivity contribution >= 4 is 29.2 Å². The Labute approximate surface area is 205 Å². The van der Waals surface area contributed by atoms with E-state index in [0.29, 0.717) is 23.3 Å². The largest absolute Gasteiger partial charge is 0.350 e. The first-order chi connectivity index (χ1) is 16.7. The molecule has 0 radical (unpaired) electrons. The van der Waals surface area contributed by atoms with E-state index in [9.17, 15) is 9.18 Å². The second-order valence-electron chi connectivity index (χ2n) is 9.67. The highest BCUT2D eigenvalue weighted by atomic mass is 19.1. The standard InChI is InChI=1S/C26H32FN7O/c1-16(2)30-24(35)20-14-29-25(31-19-9-8-17-10-11-28-13-18(17)12-19)34-23(20)33-22-7-5-6-21(32-22)26(3,4)15-27/h5-9,12,14,16,28H,10-11,13,15H2,1-4H3,(H,30,35)(H2,29,31,32,33,34). The minimum absolute atomic E-state index is 0.0518. The average molecular weight is 478 g/mol. The van der Waals surface area contributed by atoms with Crippen LogP contribution in [0.25, 0.3) is 0 Å². The molecule has 3 heterocycles. The molecule has 9 heteroatoms. The maximum Gasteiger partial charge on any atom is 0.256 e. The maximum absolute atomic E-state index is 13.5. The van der Waals surface area contributed by atoms with Crippen molar-refractivity contribution in [2.75, 3.05) is 23.9 Å². The number of amides is 1. The van der Waals surface area contributed by atoms with Crippen molar-refractivity contribution in [1.29, 1.82) is 0 Å². The van der Waals surface area contributed by atoms with Crippen LogP contribution in [-0.4, -0.2) is 40.1 Å². The molecule has 8 nitrogen and oxygen atoms in total. The fraction of sp³-hybridized carbons (Fsp3) is 0.385. The number of halogens is 1. The quantitative estimate of drug-likeness (QED) is 0.381. The molecule has 0 atom stereocenters. The first-order valence-corrected chi connectivity index (χ1v) is 11.8. The molecule has 0 spiro atoms. The van der Waals surface area contributed by atoms with E-state index >= 15 is 0 Å². The number of nitrogens with zero attached hydrogens (tertiary/aromatic N) is 3. The van der Waals surface area contributed by atoms with Crippen LogP contribution in [0.4, 0.5) is 27.7 Å². The molecule has 1 aliphatic rings. The summed E-state index contributed by atoms with van der Waals surface area (Å²) < 4.78 is 13.5. The molecule has 0 saturated carbocycles. The van der Waals surface area contributed by atoms with Crippen LogP contribution in [0.5, 0.6) is 0 Å². The number of nitrogens with one attached hydrogen (secondary N) is 4. The zero-order chi connectivity index (χ0) is 25.0. The van der Waals surface area contributed by atoms with Crippen molar-refractivity contribution in [3.05, 3.63) is 65.0 Å². The van der Waals surface area contributed by atoms with Crippen LogP contribution in [0, 0.1) is 0 Å². The molecule has 3 aromatic rings. The summed E-state index contributed by atoms with van der Waals surface area (Å²) >= 11 is 0. The molecule has 0 aliphatic carbocycles. The molecule has 4 N–H and O–H groups in total. The molecular weight excluding hydrogens is 445 g/mol. The first kappa shape index (κ1) is 24.5. The Morgan fingerprint density at radius 2 is 1.97 bits per heavy atom. The minimum atomic E-state index is -0.727. The fourth-order valence-electron chi connectivity index (χ4n) is 3.80. The summed E-state index contributed by atoms with van der Waals surface area (Å²) in [6.45, 7) is 8.62. The number of fused-ring (bicyclic) bond motifs is 1. The van der Waals surface area contributed by atoms with Gasteiger partial charge in [-0.05, 0) is 62.2 Å². The molecule has 0 saturated heterocycles. The Balaban J connectivity index is 1.65. The van der Waals surface area contributed by atoms with Gasteiger partial charge < -0.3 is 21.3 Å². The molecule has 1 amide bonds. The SMILES string of the molecule is CC(C)NC(=O)c1cnc(Nc2ccc3c(c2)CNCC3)nc1Nc1cccc(C(C)(C)CF)n1. The zero-order valence-corrected chi connectivity index (χ0v) is 20.6. The van der Waals surface area contributed by atoms with Crippen molar-refractivity contribution in [1.82, 2.24) is 25.6 Å². The van der Waals surface area contributed by atoms with Crippen molar-refractivity contribution in [3.63, 3.8) is 0 Å². The van der Waals surface area contributed by atoms with Crippen molar-refractivity contribution in [3.8, 4) is 0 Å². The third kappa shape index (κ3) is 5.92. The van der Waals surface area contributed by atoms with E-state index in [4.69, 9.17) is 0 Å². The Kier molecular flexibility index (Phi) is 7.25. The Bertz CT molecular complexity index is 1210. The summed E-state index contributed by atoms with van der Waals surface area (Å²) in [6, 6.07) is 11.5. The van der Waals surface area contributed by atoms with Crippen molar-refractivity contribution in [2.45, 2.75) is 52.1 Å². The second-order valence-corrected chi connectivity index (χ2v) is 9.67. The van der Waals surface area contributed by atoms with E-state index < -0.39 is 12.1 Å². The normalized spacial score (nSPS) is 13.3. The molecule has 4 rings (SSSR count). The zero-order valence-electron chi connectivity index (χ0n) is 20.6. The highest BCUT2D eigenvalue weighted by Crippen LogP contribution is 2.26. The Morgan fingerprint density at radius 1 is 1.14 bits per heavy atom. The third-order valence-corrected chi connectivity index (χ3v) is 5.83. The number of hydrogen-bond donors (Lipinski definition) is 4. The molecule has 35 heavy (non-hydrogen) atoms. The van der Waals surface area contributed by atoms with Crippen LogP contribution in [0.2, 0.25) is 0 Å². The molecule has 2 aromatic heterocycles. The fourth-order valence-corrected chi connectivity index (χ4v) is 3.80. The molecular formula is C26H32FN7O. The number of benzene rings is 1. The monoisotopic (exact) mass is 477 g/mol. The van der Waals surface area contributed by atoms with Gasteiger partial charge in [-0.2, -0.15) is 4.98 Å². The predicted octanol–water partition coefficient (Wildman–Crippen LogP) is 4.39. The van der Waals surface area contributed by atoms with Gasteiger partial charge in [0.05, 0.1) is 5.69 Å². The van der Waals surface area contributed by atoms with Crippen LogP contribution < -0.4 is 21.3 Å². The minimum Gasteiger partial charge on any atom is -0.350 e. The number of pyridine rings is 1. The highest BCUT2D eigenvalue weighted by Gasteiger charge is 2.23. The van der Waals surface area contributed by atoms with Crippen LogP contribution in [0.15, 0.2) is 42.6 Å². The van der Waals surface area contributed by atoms with Crippen LogP contribution in [0.1, 0.15) is 54.9 Å². The highest BCUT2D eigenvalue weighted by molar-refractivity contribution is 5.99. The van der Waals surface area contributed by atoms with Gasteiger partial charge in [0.15, 0.2) is 0 Å². The topological polar surface area (TPSA) is 104 Å². The van der Waals surface area contributed by atoms with E-state index in [1.54, 1.807) is 32.0 Å². The lowest BCUT2D eigenvalue weighted by Gasteiger charge is -2.21. The van der Waals surface area contributed by atoms with E-state index in [2.05, 4.69) is 48.4 Å². The lowest BCUT2D eigenvalue weighted by Crippen LogP contribution is -2.31. The number of anilines is 4. The van der Waals surface area contributed by atoms with Gasteiger partial charge in [0.2, 0.25) is 5.95 Å². The summed E-state index contributed by atoms with van der Waals surface area (Å²) in [5.41, 5.74) is 3.60. The summed E-state index contributed by atoms with van der Waals surface area (Å²) in [7, 11) is 0. The molecule has 0 bridgehead atoms. The van der Waals surface area contributed by atoms with Gasteiger partial charge in [0.25, 0.3) is 5.91 Å². The average Bonchev–Trinajstić information content (AvgIpc) is 2.84. The molecule has 1 aliphatic heterocycles. The van der Waals surface area contributed by atoms with E-state index in [0.717, 1.165) is 25.2 Å². The molecule has 0 fully saturated rings. The summed E-state index contributed by atoms with van der Waals surface area (Å²) in [5, 5.41) is 12.6. The molecule has 184 valence electrons. The van der Waals surface area contributed by atoms with E-state index in [1.165, 1.54) is 17.3 Å². The van der Waals surface area contributed by atoms with Gasteiger partial charge in [-0.3, -0.25) is 9.18 Å². The number of carbonyl (C=O) groups is 1. The number of rotatable bonds is 8. The lowest BCUT2D eigenvalue weighted by atomic mass is 9.90. The third-order valence-electron chi connectivity index (χ3n) is 5.83. The first-order valence-electron chi connectivity index (χ1n) is 11.8. The maximum atomic E-state index is 13.5. The van der Waals surface area contributed by atoms with Crippen LogP contribution in [-0.2, 0) is 18.4 Å². The summed E-state index contributed by atoms with van der Waals surface area (Å²) in [6.07, 6.45) is 2.50. The number of carbonyl (C=O) groups excluding carboxylic acids is 1. The van der Waals surface area contributed by atoms with Crippen molar-refractivity contribution < 1.29 is 9.18 Å². The Morgan fingerprint density at radius 3 is 2.74 bits per heavy atom. The van der Waals surface area contributed by atoms with Crippen LogP contribution >= 0.6 is 0 Å². The number of aromatic nitrogens is 3. The number of hydrogen-bond acceptors (Lipinski definition) is 7. The number of alkyl halides is 1. The van der Waals surface area contributed by atoms with Gasteiger partial charge in [-0.15, -0.1) is 0 Å². The van der Waals surface area contributed by atoms with E-state index in [-0.39, 0.29) is 17.5 Å². The van der Waals surface area contributed by atoms with Gasteiger partial charge in [0, 0.05) is 29.9 Å². The Hall–Kier alpha value is -3.59. The van der Waals surface area contributed by atoms with Gasteiger partial charge >= 0.3 is 0 Å². The van der Waals surface area contributed by atoms with Gasteiger partial charge in [-0.1, -0.05) is 26.0 Å². The van der Waals surface area contributed by atoms with Crippen LogP contribution in [0.3, 0.4) is 0 Å². The predicted molar refractivity (Wildman–Crippen MR) is 136 cm³/mol. The van der Waals surface area contributed by atoms with Gasteiger partial charge in [0.1, 0.15) is 23.9 Å². The smallest absolute Gasteiger partial charge is 0.256 e. The molecule has 1 aromatic carbocycles. The summed E-state index contributed by atoms with van der Waals surface area (Å²) in [4.78, 5) is 26.4. The summed E-state index contributed by atoms with van der Waals surface area (Å²) in [5.74, 6) is 0.821.